The number of amides is 1. The van der Waals surface area contributed by atoms with Gasteiger partial charge in [0.25, 0.3) is 5.69 Å². The standard InChI is InChI=1S/C17H17N3O3S/c1-11-7-8-14(15(9-11)20(22)23)18-17(24)19-16(21)10-13-6-4-3-5-12(13)2/h3-9H,10H2,1-2H3,(H2,18,19,21,24). The molecule has 0 saturated carbocycles. The molecule has 2 aromatic rings. The fourth-order valence-electron chi connectivity index (χ4n) is 2.20. The molecule has 0 heterocycles. The summed E-state index contributed by atoms with van der Waals surface area (Å²) in [5, 5.41) is 16.4. The van der Waals surface area contributed by atoms with Crippen molar-refractivity contribution in [2.75, 3.05) is 5.32 Å². The lowest BCUT2D eigenvalue weighted by atomic mass is 10.1. The molecule has 0 atom stereocenters. The first-order chi connectivity index (χ1) is 11.4. The van der Waals surface area contributed by atoms with Gasteiger partial charge in [-0.25, -0.2) is 0 Å². The van der Waals surface area contributed by atoms with Gasteiger partial charge in [-0.1, -0.05) is 30.3 Å². The molecule has 0 radical (unpaired) electrons. The molecule has 0 bridgehead atoms. The van der Waals surface area contributed by atoms with Crippen molar-refractivity contribution in [3.05, 3.63) is 69.3 Å². The molecule has 0 saturated heterocycles. The number of carbonyl (C=O) groups excluding carboxylic acids is 1. The molecule has 0 unspecified atom stereocenters. The number of nitrogens with one attached hydrogen (secondary N) is 2. The summed E-state index contributed by atoms with van der Waals surface area (Å²) in [5.41, 5.74) is 2.83. The average molecular weight is 343 g/mol. The highest BCUT2D eigenvalue weighted by molar-refractivity contribution is 7.80. The molecule has 24 heavy (non-hydrogen) atoms. The first-order valence-corrected chi connectivity index (χ1v) is 7.68. The van der Waals surface area contributed by atoms with E-state index in [-0.39, 0.29) is 28.8 Å². The van der Waals surface area contributed by atoms with Crippen molar-refractivity contribution < 1.29 is 9.72 Å². The number of rotatable bonds is 4. The molecule has 124 valence electrons. The molecule has 2 aromatic carbocycles. The predicted octanol–water partition coefficient (Wildman–Crippen LogP) is 3.27. The van der Waals surface area contributed by atoms with Gasteiger partial charge < -0.3 is 10.6 Å². The summed E-state index contributed by atoms with van der Waals surface area (Å²) in [4.78, 5) is 22.7. The Morgan fingerprint density at radius 2 is 1.92 bits per heavy atom. The number of benzene rings is 2. The number of thiocarbonyl (C=S) groups is 1. The molecule has 2 N–H and O–H groups in total. The first-order valence-electron chi connectivity index (χ1n) is 7.27. The topological polar surface area (TPSA) is 84.3 Å². The van der Waals surface area contributed by atoms with Crippen molar-refractivity contribution in [1.29, 1.82) is 0 Å². The van der Waals surface area contributed by atoms with Crippen LogP contribution in [0.5, 0.6) is 0 Å². The Labute approximate surface area is 145 Å². The summed E-state index contributed by atoms with van der Waals surface area (Å²) in [6, 6.07) is 12.3. The van der Waals surface area contributed by atoms with Gasteiger partial charge in [0.2, 0.25) is 5.91 Å². The maximum absolute atomic E-state index is 12.1. The molecule has 0 aromatic heterocycles. The van der Waals surface area contributed by atoms with Gasteiger partial charge in [0.15, 0.2) is 5.11 Å². The Bertz CT molecular complexity index is 805. The number of anilines is 1. The Morgan fingerprint density at radius 1 is 1.21 bits per heavy atom. The van der Waals surface area contributed by atoms with Crippen LogP contribution in [0.3, 0.4) is 0 Å². The lowest BCUT2D eigenvalue weighted by Gasteiger charge is -2.11. The maximum Gasteiger partial charge on any atom is 0.292 e. The minimum Gasteiger partial charge on any atom is -0.327 e. The Balaban J connectivity index is 2.02. The van der Waals surface area contributed by atoms with E-state index in [4.69, 9.17) is 12.2 Å². The Hall–Kier alpha value is -2.80. The smallest absolute Gasteiger partial charge is 0.292 e. The highest BCUT2D eigenvalue weighted by Crippen LogP contribution is 2.25. The molecule has 0 aliphatic carbocycles. The number of aryl methyl sites for hydroxylation is 2. The largest absolute Gasteiger partial charge is 0.327 e. The van der Waals surface area contributed by atoms with Crippen LogP contribution in [0.1, 0.15) is 16.7 Å². The number of hydrogen-bond acceptors (Lipinski definition) is 4. The second-order valence-electron chi connectivity index (χ2n) is 5.38. The van der Waals surface area contributed by atoms with Gasteiger partial charge >= 0.3 is 0 Å². The summed E-state index contributed by atoms with van der Waals surface area (Å²) in [6.07, 6.45) is 0.185. The van der Waals surface area contributed by atoms with Crippen LogP contribution in [0, 0.1) is 24.0 Å². The van der Waals surface area contributed by atoms with E-state index >= 15 is 0 Å². The summed E-state index contributed by atoms with van der Waals surface area (Å²) in [6.45, 7) is 3.69. The molecule has 2 rings (SSSR count). The SMILES string of the molecule is Cc1ccc(NC(=S)NC(=O)Cc2ccccc2C)c([N+](=O)[O-])c1. The quantitative estimate of drug-likeness (QED) is 0.506. The number of hydrogen-bond donors (Lipinski definition) is 2. The molecule has 0 aliphatic heterocycles. The molecule has 1 amide bonds. The third kappa shape index (κ3) is 4.60. The molecular weight excluding hydrogens is 326 g/mol. The summed E-state index contributed by atoms with van der Waals surface area (Å²) >= 11 is 5.07. The highest BCUT2D eigenvalue weighted by atomic mass is 32.1. The molecular formula is C17H17N3O3S. The Morgan fingerprint density at radius 3 is 2.58 bits per heavy atom. The summed E-state index contributed by atoms with van der Waals surface area (Å²) in [5.74, 6) is -0.281. The lowest BCUT2D eigenvalue weighted by Crippen LogP contribution is -2.35. The summed E-state index contributed by atoms with van der Waals surface area (Å²) < 4.78 is 0. The van der Waals surface area contributed by atoms with E-state index in [9.17, 15) is 14.9 Å². The van der Waals surface area contributed by atoms with Crippen LogP contribution in [0.15, 0.2) is 42.5 Å². The zero-order chi connectivity index (χ0) is 17.7. The second-order valence-corrected chi connectivity index (χ2v) is 5.79. The highest BCUT2D eigenvalue weighted by Gasteiger charge is 2.15. The van der Waals surface area contributed by atoms with E-state index in [0.717, 1.165) is 16.7 Å². The fraction of sp³-hybridized carbons (Fsp3) is 0.176. The van der Waals surface area contributed by atoms with Gasteiger partial charge in [-0.05, 0) is 48.8 Å². The summed E-state index contributed by atoms with van der Waals surface area (Å²) in [7, 11) is 0. The molecule has 0 spiro atoms. The van der Waals surface area contributed by atoms with E-state index < -0.39 is 4.92 Å². The van der Waals surface area contributed by atoms with Gasteiger partial charge in [0.1, 0.15) is 5.69 Å². The van der Waals surface area contributed by atoms with Crippen LogP contribution in [0.2, 0.25) is 0 Å². The zero-order valence-electron chi connectivity index (χ0n) is 13.3. The van der Waals surface area contributed by atoms with Crippen LogP contribution in [-0.4, -0.2) is 15.9 Å². The van der Waals surface area contributed by atoms with E-state index in [1.54, 1.807) is 19.1 Å². The zero-order valence-corrected chi connectivity index (χ0v) is 14.1. The van der Waals surface area contributed by atoms with Gasteiger partial charge in [0.05, 0.1) is 11.3 Å². The minimum atomic E-state index is -0.493. The second kappa shape index (κ2) is 7.65. The molecule has 7 heteroatoms. The van der Waals surface area contributed by atoms with Gasteiger partial charge in [-0.2, -0.15) is 0 Å². The van der Waals surface area contributed by atoms with Crippen molar-refractivity contribution in [3.8, 4) is 0 Å². The third-order valence-corrected chi connectivity index (χ3v) is 3.67. The molecule has 0 aliphatic rings. The van der Waals surface area contributed by atoms with Crippen molar-refractivity contribution >= 4 is 34.6 Å². The maximum atomic E-state index is 12.1. The van der Waals surface area contributed by atoms with E-state index in [0.29, 0.717) is 0 Å². The first kappa shape index (κ1) is 17.6. The van der Waals surface area contributed by atoms with Crippen molar-refractivity contribution in [1.82, 2.24) is 5.32 Å². The monoisotopic (exact) mass is 343 g/mol. The van der Waals surface area contributed by atoms with Crippen LogP contribution in [0.25, 0.3) is 0 Å². The number of nitro groups is 1. The number of carbonyl (C=O) groups is 1. The van der Waals surface area contributed by atoms with Crippen molar-refractivity contribution in [2.24, 2.45) is 0 Å². The average Bonchev–Trinajstić information content (AvgIpc) is 2.51. The Kier molecular flexibility index (Phi) is 5.59. The third-order valence-electron chi connectivity index (χ3n) is 3.46. The minimum absolute atomic E-state index is 0.0283. The van der Waals surface area contributed by atoms with Crippen molar-refractivity contribution in [3.63, 3.8) is 0 Å². The van der Waals surface area contributed by atoms with E-state index in [1.807, 2.05) is 31.2 Å². The van der Waals surface area contributed by atoms with Crippen LogP contribution < -0.4 is 10.6 Å². The van der Waals surface area contributed by atoms with Crippen LogP contribution in [-0.2, 0) is 11.2 Å². The molecule has 0 fully saturated rings. The van der Waals surface area contributed by atoms with Gasteiger partial charge in [0, 0.05) is 6.07 Å². The van der Waals surface area contributed by atoms with Crippen LogP contribution in [0.4, 0.5) is 11.4 Å². The number of nitrogens with zero attached hydrogens (tertiary/aromatic N) is 1. The number of nitro benzene ring substituents is 1. The normalized spacial score (nSPS) is 10.1. The lowest BCUT2D eigenvalue weighted by molar-refractivity contribution is -0.383. The fourth-order valence-corrected chi connectivity index (χ4v) is 2.43. The predicted molar refractivity (Wildman–Crippen MR) is 97.1 cm³/mol. The van der Waals surface area contributed by atoms with Gasteiger partial charge in [-0.3, -0.25) is 14.9 Å². The van der Waals surface area contributed by atoms with Gasteiger partial charge in [-0.15, -0.1) is 0 Å². The van der Waals surface area contributed by atoms with E-state index in [2.05, 4.69) is 10.6 Å². The van der Waals surface area contributed by atoms with Crippen LogP contribution >= 0.6 is 12.2 Å². The molecule has 6 nitrogen and oxygen atoms in total. The van der Waals surface area contributed by atoms with E-state index in [1.165, 1.54) is 6.07 Å². The van der Waals surface area contributed by atoms with Crippen molar-refractivity contribution in [2.45, 2.75) is 20.3 Å².